The van der Waals surface area contributed by atoms with Crippen LogP contribution in [0.2, 0.25) is 0 Å². The third-order valence-corrected chi connectivity index (χ3v) is 15.8. The highest BCUT2D eigenvalue weighted by Crippen LogP contribution is 2.48. The fourth-order valence-corrected chi connectivity index (χ4v) is 12.5. The molecule has 8 heterocycles. The highest BCUT2D eigenvalue weighted by atomic mass is 32.2. The number of thioether (sulfide) groups is 6. The summed E-state index contributed by atoms with van der Waals surface area (Å²) in [7, 11) is 2.61. The van der Waals surface area contributed by atoms with Crippen molar-refractivity contribution in [2.75, 3.05) is 48.7 Å². The third-order valence-electron chi connectivity index (χ3n) is 9.43. The van der Waals surface area contributed by atoms with Gasteiger partial charge in [-0.15, -0.1) is 82.7 Å². The van der Waals surface area contributed by atoms with Crippen molar-refractivity contribution < 1.29 is 57.3 Å². The molecule has 4 aliphatic heterocycles. The van der Waals surface area contributed by atoms with Gasteiger partial charge in [-0.05, 0) is 26.8 Å². The number of amides is 4. The van der Waals surface area contributed by atoms with Gasteiger partial charge in [0.2, 0.25) is 24.1 Å². The minimum absolute atomic E-state index is 0.0186. The van der Waals surface area contributed by atoms with Crippen LogP contribution in [0.4, 0.5) is 0 Å². The number of fused-ring (bicyclic) bond motifs is 2. The van der Waals surface area contributed by atoms with Gasteiger partial charge < -0.3 is 39.2 Å². The lowest BCUT2D eigenvalue weighted by molar-refractivity contribution is -0.192. The number of methoxy groups -OCH3 is 2. The number of ether oxygens (including phenoxy) is 2. The largest absolute Gasteiger partial charge is 0.477 e. The molecule has 2 saturated heterocycles. The Bertz CT molecular complexity index is 2480. The molecule has 4 aromatic heterocycles. The van der Waals surface area contributed by atoms with E-state index < -0.39 is 57.8 Å². The first kappa shape index (κ1) is 48.7. The summed E-state index contributed by atoms with van der Waals surface area (Å²) in [4.78, 5) is 78.8. The van der Waals surface area contributed by atoms with Gasteiger partial charge >= 0.3 is 11.9 Å². The van der Waals surface area contributed by atoms with Gasteiger partial charge in [0.25, 0.3) is 33.7 Å². The summed E-state index contributed by atoms with van der Waals surface area (Å²) in [6, 6.07) is 0. The Labute approximate surface area is 396 Å². The fourth-order valence-electron chi connectivity index (χ4n) is 6.50. The van der Waals surface area contributed by atoms with Gasteiger partial charge in [-0.2, -0.15) is 4.80 Å². The van der Waals surface area contributed by atoms with Gasteiger partial charge in [-0.1, -0.05) is 30.4 Å². The Balaban J connectivity index is 0.000000197. The minimum atomic E-state index is -1.64. The number of hydrogen-bond donors (Lipinski definition) is 4. The van der Waals surface area contributed by atoms with Crippen LogP contribution in [0.3, 0.4) is 0 Å². The lowest BCUT2D eigenvalue weighted by Crippen LogP contribution is -2.80. The number of carbonyl (C=O) groups is 6. The predicted octanol–water partition coefficient (Wildman–Crippen LogP) is -0.934. The van der Waals surface area contributed by atoms with Crippen LogP contribution in [-0.2, 0) is 56.4 Å². The van der Waals surface area contributed by atoms with E-state index in [4.69, 9.17) is 18.3 Å². The first-order valence-corrected chi connectivity index (χ1v) is 25.2. The Morgan fingerprint density at radius 3 is 1.88 bits per heavy atom. The molecular weight excluding hydrogens is 993 g/mol. The number of tetrazole rings is 2. The van der Waals surface area contributed by atoms with E-state index in [0.717, 1.165) is 9.80 Å². The number of aromatic nitrogens is 12. The molecule has 0 aromatic carbocycles. The number of aryl methyl sites for hydroxylation is 1. The third kappa shape index (κ3) is 10.2. The van der Waals surface area contributed by atoms with Crippen LogP contribution in [0, 0.1) is 0 Å². The molecule has 0 aliphatic carbocycles. The SMILES string of the molecule is CCc1nnc(SCC2=C(C(=O)O)N3C(=O)[C@](NC(=O)CSCn4ncnn4)(OC)C3SC2)o1.CO[C@@]1(NC(=O)CSCn2cnnn2)C(=O)N2C(C(=O)O)=C(CSc3nnco3)CSC21. The van der Waals surface area contributed by atoms with Gasteiger partial charge in [0.1, 0.15) is 34.3 Å². The molecule has 352 valence electrons. The lowest BCUT2D eigenvalue weighted by atomic mass is 9.98. The van der Waals surface area contributed by atoms with E-state index >= 15 is 0 Å². The molecule has 2 unspecified atom stereocenters. The number of carboxylic acids is 2. The fraction of sp³-hybridized carbons (Fsp3) is 0.500. The number of carboxylic acid groups (broad SMARTS) is 2. The molecule has 4 amide bonds. The first-order chi connectivity index (χ1) is 31.8. The van der Waals surface area contributed by atoms with Gasteiger partial charge in [0, 0.05) is 43.7 Å². The van der Waals surface area contributed by atoms with Crippen LogP contribution in [-0.4, -0.2) is 187 Å². The molecule has 0 radical (unpaired) electrons. The number of nitrogens with one attached hydrogen (secondary N) is 2. The second-order valence-electron chi connectivity index (χ2n) is 13.4. The van der Waals surface area contributed by atoms with Crippen LogP contribution in [0.1, 0.15) is 12.8 Å². The number of aliphatic carboxylic acids is 2. The Kier molecular flexibility index (Phi) is 15.9. The normalized spacial score (nSPS) is 22.2. The molecule has 4 N–H and O–H groups in total. The van der Waals surface area contributed by atoms with Crippen molar-refractivity contribution in [3.05, 3.63) is 47.5 Å². The quantitative estimate of drug-likeness (QED) is 0.0445. The van der Waals surface area contributed by atoms with E-state index in [1.807, 2.05) is 6.92 Å². The molecule has 4 atom stereocenters. The lowest BCUT2D eigenvalue weighted by Gasteiger charge is -2.55. The van der Waals surface area contributed by atoms with Crippen molar-refractivity contribution in [2.24, 2.45) is 0 Å². The molecule has 4 aliphatic rings. The van der Waals surface area contributed by atoms with E-state index in [9.17, 15) is 39.0 Å². The Morgan fingerprint density at radius 1 is 0.818 bits per heavy atom. The van der Waals surface area contributed by atoms with Crippen LogP contribution >= 0.6 is 70.6 Å². The number of nitrogens with zero attached hydrogens (tertiary/aromatic N) is 14. The van der Waals surface area contributed by atoms with E-state index in [1.165, 1.54) is 113 Å². The topological polar surface area (TPSA) is 357 Å². The van der Waals surface area contributed by atoms with Crippen molar-refractivity contribution in [1.82, 2.24) is 81.2 Å². The van der Waals surface area contributed by atoms with Crippen LogP contribution < -0.4 is 10.6 Å². The molecule has 8 rings (SSSR count). The van der Waals surface area contributed by atoms with Gasteiger partial charge in [0.15, 0.2) is 6.33 Å². The smallest absolute Gasteiger partial charge is 0.352 e. The molecule has 34 heteroatoms. The van der Waals surface area contributed by atoms with Crippen molar-refractivity contribution in [1.29, 1.82) is 0 Å². The molecule has 28 nitrogen and oxygen atoms in total. The zero-order valence-electron chi connectivity index (χ0n) is 34.4. The number of β-lactam (4-membered cyclic amide) rings is 2. The summed E-state index contributed by atoms with van der Waals surface area (Å²) < 4.78 is 22.8. The summed E-state index contributed by atoms with van der Waals surface area (Å²) >= 11 is 7.46. The maximum absolute atomic E-state index is 13.1. The molecule has 0 saturated carbocycles. The summed E-state index contributed by atoms with van der Waals surface area (Å²) in [6.07, 6.45) is 4.47. The van der Waals surface area contributed by atoms with Crippen molar-refractivity contribution in [3.63, 3.8) is 0 Å². The first-order valence-electron chi connectivity index (χ1n) is 18.8. The second kappa shape index (κ2) is 21.6. The Morgan fingerprint density at radius 2 is 1.41 bits per heavy atom. The zero-order valence-corrected chi connectivity index (χ0v) is 39.3. The molecule has 2 fully saturated rings. The van der Waals surface area contributed by atoms with E-state index in [1.54, 1.807) is 0 Å². The molecule has 4 aromatic rings. The average Bonchev–Trinajstić information content (AvgIpc) is 4.18. The molecular formula is C32H36N16O12S6. The van der Waals surface area contributed by atoms with E-state index in [2.05, 4.69) is 62.0 Å². The number of rotatable bonds is 21. The average molecular weight is 1030 g/mol. The van der Waals surface area contributed by atoms with Crippen LogP contribution in [0.5, 0.6) is 0 Å². The zero-order chi connectivity index (χ0) is 47.0. The monoisotopic (exact) mass is 1030 g/mol. The van der Waals surface area contributed by atoms with Crippen molar-refractivity contribution in [2.45, 2.75) is 57.7 Å². The Hall–Kier alpha value is -5.26. The summed E-state index contributed by atoms with van der Waals surface area (Å²) in [5, 5.41) is 61.0. The summed E-state index contributed by atoms with van der Waals surface area (Å²) in [6.45, 7) is 1.88. The highest BCUT2D eigenvalue weighted by Gasteiger charge is 2.67. The summed E-state index contributed by atoms with van der Waals surface area (Å²) in [5.74, 6) is -2.27. The summed E-state index contributed by atoms with van der Waals surface area (Å²) in [5.41, 5.74) is -2.46. The maximum atomic E-state index is 13.1. The van der Waals surface area contributed by atoms with E-state index in [0.29, 0.717) is 57.2 Å². The van der Waals surface area contributed by atoms with Gasteiger partial charge in [-0.25, -0.2) is 14.3 Å². The maximum Gasteiger partial charge on any atom is 0.352 e. The van der Waals surface area contributed by atoms with Gasteiger partial charge in [0.05, 0.1) is 17.4 Å². The van der Waals surface area contributed by atoms with Crippen LogP contribution in [0.15, 0.2) is 60.9 Å². The minimum Gasteiger partial charge on any atom is -0.477 e. The molecule has 0 bridgehead atoms. The number of hydrogen-bond acceptors (Lipinski definition) is 26. The standard InChI is InChI=1S/C17H20N8O6S3.C15H16N8O6S3/c1-3-11-21-22-16(31-11)34-5-9-4-33-15-17(30-2,14(29)25(15)12(9)13(27)28)20-10(26)6-32-8-24-19-7-18-23-24;1-28-15(18-9(24)4-30-7-22-5-16-20-21-22)12(27)23-10(11(25)26)8(2-31-13(15)23)3-32-14-19-17-6-29-14/h7,15H,3-6,8H2,1-2H3,(H,20,26)(H,27,28);5-6,13H,2-4,7H2,1H3,(H,18,24)(H,25,26)/t15?,17-;13?,15-/m00/s1. The van der Waals surface area contributed by atoms with Crippen LogP contribution in [0.25, 0.3) is 0 Å². The van der Waals surface area contributed by atoms with Gasteiger partial charge in [-0.3, -0.25) is 29.0 Å². The number of carbonyl (C=O) groups excluding carboxylic acids is 4. The predicted molar refractivity (Wildman–Crippen MR) is 231 cm³/mol. The second-order valence-corrected chi connectivity index (χ2v) is 19.3. The molecule has 66 heavy (non-hydrogen) atoms. The highest BCUT2D eigenvalue weighted by molar-refractivity contribution is 8.01. The van der Waals surface area contributed by atoms with E-state index in [-0.39, 0.29) is 34.4 Å². The molecule has 0 spiro atoms. The van der Waals surface area contributed by atoms with Crippen molar-refractivity contribution >= 4 is 106 Å². The van der Waals surface area contributed by atoms with Crippen molar-refractivity contribution in [3.8, 4) is 0 Å².